The molecule has 1 aliphatic heterocycles. The summed E-state index contributed by atoms with van der Waals surface area (Å²) < 4.78 is 0. The van der Waals surface area contributed by atoms with E-state index >= 15 is 0 Å². The van der Waals surface area contributed by atoms with Crippen LogP contribution < -0.4 is 10.6 Å². The van der Waals surface area contributed by atoms with Crippen molar-refractivity contribution in [2.75, 3.05) is 5.32 Å². The molecule has 0 saturated heterocycles. The van der Waals surface area contributed by atoms with E-state index in [0.717, 1.165) is 23.6 Å². The van der Waals surface area contributed by atoms with Gasteiger partial charge in [-0.25, -0.2) is 4.98 Å². The van der Waals surface area contributed by atoms with Crippen molar-refractivity contribution < 1.29 is 0 Å². The zero-order valence-corrected chi connectivity index (χ0v) is 13.5. The largest absolute Gasteiger partial charge is 0.366 e. The number of nitrogens with one attached hydrogen (secondary N) is 2. The first-order valence-corrected chi connectivity index (χ1v) is 8.38. The van der Waals surface area contributed by atoms with E-state index in [1.54, 1.807) is 0 Å². The second-order valence-electron chi connectivity index (χ2n) is 6.40. The Morgan fingerprint density at radius 1 is 1.09 bits per heavy atom. The minimum atomic E-state index is 0.225. The first-order valence-electron chi connectivity index (χ1n) is 8.38. The van der Waals surface area contributed by atoms with Gasteiger partial charge in [0.25, 0.3) is 0 Å². The summed E-state index contributed by atoms with van der Waals surface area (Å²) >= 11 is 0. The third-order valence-electron chi connectivity index (χ3n) is 4.47. The molecule has 2 unspecified atom stereocenters. The second-order valence-corrected chi connectivity index (χ2v) is 6.40. The number of pyridine rings is 1. The van der Waals surface area contributed by atoms with Crippen LogP contribution in [0, 0.1) is 6.92 Å². The quantitative estimate of drug-likeness (QED) is 0.895. The van der Waals surface area contributed by atoms with Crippen LogP contribution in [0.1, 0.15) is 44.7 Å². The second kappa shape index (κ2) is 7.05. The number of hydrogen-bond donors (Lipinski definition) is 2. The van der Waals surface area contributed by atoms with Crippen molar-refractivity contribution in [1.29, 1.82) is 0 Å². The van der Waals surface area contributed by atoms with E-state index in [1.807, 2.05) is 13.0 Å². The molecule has 1 aromatic rings. The summed E-state index contributed by atoms with van der Waals surface area (Å²) in [5.41, 5.74) is 2.17. The normalized spacial score (nSPS) is 28.3. The summed E-state index contributed by atoms with van der Waals surface area (Å²) in [5.74, 6) is 0.988. The molecular formula is C18H26N4. The molecule has 0 amide bonds. The van der Waals surface area contributed by atoms with Crippen molar-refractivity contribution >= 4 is 11.5 Å². The van der Waals surface area contributed by atoms with Crippen LogP contribution in [0.4, 0.5) is 5.82 Å². The monoisotopic (exact) mass is 298 g/mol. The molecule has 1 aliphatic carbocycles. The molecule has 3 rings (SSSR count). The molecule has 1 fully saturated rings. The Morgan fingerprint density at radius 2 is 1.91 bits per heavy atom. The van der Waals surface area contributed by atoms with Gasteiger partial charge in [0.15, 0.2) is 0 Å². The summed E-state index contributed by atoms with van der Waals surface area (Å²) in [6.07, 6.45) is 10.5. The number of hydrogen-bond acceptors (Lipinski definition) is 4. The predicted molar refractivity (Wildman–Crippen MR) is 92.4 cm³/mol. The Labute approximate surface area is 133 Å². The molecule has 3 atom stereocenters. The molecule has 1 saturated carbocycles. The highest BCUT2D eigenvalue weighted by molar-refractivity contribution is 5.93. The molecule has 2 aliphatic rings. The van der Waals surface area contributed by atoms with Crippen LogP contribution in [-0.2, 0) is 0 Å². The summed E-state index contributed by atoms with van der Waals surface area (Å²) in [7, 11) is 0. The lowest BCUT2D eigenvalue weighted by molar-refractivity contribution is 0.314. The number of aliphatic imine (C=N–C) groups is 1. The third kappa shape index (κ3) is 3.95. The van der Waals surface area contributed by atoms with Gasteiger partial charge in [0.05, 0.1) is 0 Å². The van der Waals surface area contributed by atoms with Crippen molar-refractivity contribution in [3.05, 3.63) is 36.0 Å². The van der Waals surface area contributed by atoms with Crippen LogP contribution in [0.25, 0.3) is 0 Å². The first-order chi connectivity index (χ1) is 10.7. The standard InChI is InChI=1S/C18H26N4/c1-13-7-5-11-17(19-13)21-15-9-3-4-10-16(15)22-18-12-6-8-14(2)20-18/h5-8,11,15-16,18,22H,3-4,9-10,12H2,1-2H3,(H,19,21)/t15?,16-,18?/m1/s1. The van der Waals surface area contributed by atoms with Crippen molar-refractivity contribution in [2.24, 2.45) is 4.99 Å². The molecule has 2 N–H and O–H groups in total. The maximum Gasteiger partial charge on any atom is 0.126 e. The minimum absolute atomic E-state index is 0.225. The zero-order chi connectivity index (χ0) is 15.4. The van der Waals surface area contributed by atoms with Crippen LogP contribution in [0.15, 0.2) is 35.3 Å². The number of allylic oxidation sites excluding steroid dienone is 1. The molecule has 4 nitrogen and oxygen atoms in total. The highest BCUT2D eigenvalue weighted by Gasteiger charge is 2.27. The zero-order valence-electron chi connectivity index (χ0n) is 13.5. The van der Waals surface area contributed by atoms with E-state index in [4.69, 9.17) is 4.99 Å². The Bertz CT molecular complexity index is 564. The highest BCUT2D eigenvalue weighted by atomic mass is 15.1. The van der Waals surface area contributed by atoms with Crippen molar-refractivity contribution in [2.45, 2.75) is 64.2 Å². The molecule has 4 heteroatoms. The molecule has 2 heterocycles. The summed E-state index contributed by atoms with van der Waals surface area (Å²) in [6.45, 7) is 4.10. The molecule has 0 aromatic carbocycles. The first kappa shape index (κ1) is 15.2. The average Bonchev–Trinajstić information content (AvgIpc) is 2.49. The van der Waals surface area contributed by atoms with Crippen LogP contribution in [0.2, 0.25) is 0 Å². The maximum atomic E-state index is 4.71. The van der Waals surface area contributed by atoms with Crippen LogP contribution in [-0.4, -0.2) is 28.9 Å². The number of nitrogens with zero attached hydrogens (tertiary/aromatic N) is 2. The number of aryl methyl sites for hydroxylation is 1. The van der Waals surface area contributed by atoms with Gasteiger partial charge in [0.2, 0.25) is 0 Å². The topological polar surface area (TPSA) is 49.3 Å². The van der Waals surface area contributed by atoms with E-state index in [0.29, 0.717) is 12.1 Å². The van der Waals surface area contributed by atoms with E-state index < -0.39 is 0 Å². The third-order valence-corrected chi connectivity index (χ3v) is 4.47. The summed E-state index contributed by atoms with van der Waals surface area (Å²) in [4.78, 5) is 9.29. The van der Waals surface area contributed by atoms with E-state index in [-0.39, 0.29) is 6.17 Å². The fourth-order valence-corrected chi connectivity index (χ4v) is 3.38. The molecular weight excluding hydrogens is 272 g/mol. The molecule has 118 valence electrons. The van der Waals surface area contributed by atoms with Gasteiger partial charge in [-0.15, -0.1) is 0 Å². The van der Waals surface area contributed by atoms with Crippen LogP contribution in [0.5, 0.6) is 0 Å². The maximum absolute atomic E-state index is 4.71. The van der Waals surface area contributed by atoms with Gasteiger partial charge in [-0.05, 0) is 44.9 Å². The molecule has 0 spiro atoms. The predicted octanol–water partition coefficient (Wildman–Crippen LogP) is 3.45. The lowest BCUT2D eigenvalue weighted by atomic mass is 9.90. The Morgan fingerprint density at radius 3 is 2.68 bits per heavy atom. The van der Waals surface area contributed by atoms with Crippen molar-refractivity contribution in [3.63, 3.8) is 0 Å². The van der Waals surface area contributed by atoms with Gasteiger partial charge in [0, 0.05) is 29.9 Å². The molecule has 0 bridgehead atoms. The Hall–Kier alpha value is -1.68. The van der Waals surface area contributed by atoms with Crippen LogP contribution >= 0.6 is 0 Å². The SMILES string of the molecule is CC1=NC(N[C@@H]2CCCCC2Nc2cccc(C)n2)CC=C1. The van der Waals surface area contributed by atoms with Gasteiger partial charge >= 0.3 is 0 Å². The van der Waals surface area contributed by atoms with E-state index in [1.165, 1.54) is 25.7 Å². The number of aromatic nitrogens is 1. The van der Waals surface area contributed by atoms with Gasteiger partial charge in [-0.2, -0.15) is 0 Å². The fraction of sp³-hybridized carbons (Fsp3) is 0.556. The van der Waals surface area contributed by atoms with Crippen LogP contribution in [0.3, 0.4) is 0 Å². The Balaban J connectivity index is 1.65. The fourth-order valence-electron chi connectivity index (χ4n) is 3.38. The summed E-state index contributed by atoms with van der Waals surface area (Å²) in [6, 6.07) is 7.06. The van der Waals surface area contributed by atoms with Gasteiger partial charge in [0.1, 0.15) is 12.0 Å². The van der Waals surface area contributed by atoms with Crippen molar-refractivity contribution in [1.82, 2.24) is 10.3 Å². The van der Waals surface area contributed by atoms with Gasteiger partial charge in [-0.1, -0.05) is 25.0 Å². The minimum Gasteiger partial charge on any atom is -0.366 e. The smallest absolute Gasteiger partial charge is 0.126 e. The van der Waals surface area contributed by atoms with Crippen molar-refractivity contribution in [3.8, 4) is 0 Å². The van der Waals surface area contributed by atoms with E-state index in [9.17, 15) is 0 Å². The number of anilines is 1. The van der Waals surface area contributed by atoms with Gasteiger partial charge in [-0.3, -0.25) is 10.3 Å². The number of rotatable bonds is 4. The lowest BCUT2D eigenvalue weighted by Crippen LogP contribution is -2.50. The number of dihydropyridines is 1. The summed E-state index contributed by atoms with van der Waals surface area (Å²) in [5, 5.41) is 7.38. The average molecular weight is 298 g/mol. The Kier molecular flexibility index (Phi) is 4.88. The molecule has 22 heavy (non-hydrogen) atoms. The lowest BCUT2D eigenvalue weighted by Gasteiger charge is -2.35. The van der Waals surface area contributed by atoms with E-state index in [2.05, 4.69) is 46.8 Å². The highest BCUT2D eigenvalue weighted by Crippen LogP contribution is 2.23. The molecule has 1 aromatic heterocycles. The van der Waals surface area contributed by atoms with Gasteiger partial charge < -0.3 is 5.32 Å². The molecule has 0 radical (unpaired) electrons.